The Morgan fingerprint density at radius 1 is 1.17 bits per heavy atom. The van der Waals surface area contributed by atoms with Gasteiger partial charge in [-0.3, -0.25) is 4.98 Å². The lowest BCUT2D eigenvalue weighted by Crippen LogP contribution is -2.07. The minimum Gasteiger partial charge on any atom is -0.378 e. The summed E-state index contributed by atoms with van der Waals surface area (Å²) in [6.07, 6.45) is 2.77. The summed E-state index contributed by atoms with van der Waals surface area (Å²) in [7, 11) is 0. The Balaban J connectivity index is 2.16. The first kappa shape index (κ1) is 12.5. The van der Waals surface area contributed by atoms with Crippen molar-refractivity contribution in [1.82, 2.24) is 4.98 Å². The number of aromatic nitrogens is 1. The van der Waals surface area contributed by atoms with Gasteiger partial charge in [-0.2, -0.15) is 0 Å². The molecule has 1 aromatic carbocycles. The van der Waals surface area contributed by atoms with Crippen LogP contribution in [0, 0.1) is 18.6 Å². The highest BCUT2D eigenvalue weighted by Crippen LogP contribution is 2.20. The number of hydrogen-bond donors (Lipinski definition) is 1. The Morgan fingerprint density at radius 2 is 1.94 bits per heavy atom. The van der Waals surface area contributed by atoms with Crippen LogP contribution in [-0.4, -0.2) is 4.98 Å². The third-order valence-electron chi connectivity index (χ3n) is 2.77. The molecule has 4 heteroatoms. The molecular formula is C14H14F2N2. The van der Waals surface area contributed by atoms with Crippen molar-refractivity contribution in [2.45, 2.75) is 19.9 Å². The van der Waals surface area contributed by atoms with E-state index in [9.17, 15) is 8.78 Å². The van der Waals surface area contributed by atoms with Gasteiger partial charge in [-0.1, -0.05) is 0 Å². The van der Waals surface area contributed by atoms with Gasteiger partial charge in [0.25, 0.3) is 0 Å². The average molecular weight is 248 g/mol. The van der Waals surface area contributed by atoms with E-state index in [4.69, 9.17) is 0 Å². The predicted octanol–water partition coefficient (Wildman–Crippen LogP) is 3.84. The molecule has 0 saturated carbocycles. The van der Waals surface area contributed by atoms with Crippen molar-refractivity contribution >= 4 is 5.69 Å². The van der Waals surface area contributed by atoms with Gasteiger partial charge >= 0.3 is 0 Å². The lowest BCUT2D eigenvalue weighted by Gasteiger charge is -2.16. The van der Waals surface area contributed by atoms with Crippen LogP contribution >= 0.6 is 0 Å². The number of halogens is 2. The standard InChI is InChI=1S/C14H14F2N2/c1-9-5-13(3-4-14(9)16)18-10(2)11-6-12(15)8-17-7-11/h3-8,10,18H,1-2H3. The first-order valence-electron chi connectivity index (χ1n) is 5.69. The van der Waals surface area contributed by atoms with E-state index in [0.29, 0.717) is 5.56 Å². The zero-order chi connectivity index (χ0) is 13.1. The summed E-state index contributed by atoms with van der Waals surface area (Å²) in [6.45, 7) is 3.60. The topological polar surface area (TPSA) is 24.9 Å². The van der Waals surface area contributed by atoms with E-state index in [0.717, 1.165) is 17.4 Å². The maximum atomic E-state index is 13.1. The molecule has 1 aromatic heterocycles. The number of hydrogen-bond acceptors (Lipinski definition) is 2. The highest BCUT2D eigenvalue weighted by Gasteiger charge is 2.07. The van der Waals surface area contributed by atoms with Gasteiger partial charge in [0.15, 0.2) is 0 Å². The molecule has 1 atom stereocenters. The van der Waals surface area contributed by atoms with Crippen LogP contribution < -0.4 is 5.32 Å². The van der Waals surface area contributed by atoms with Gasteiger partial charge < -0.3 is 5.32 Å². The van der Waals surface area contributed by atoms with Gasteiger partial charge in [0.1, 0.15) is 11.6 Å². The Labute approximate surface area is 105 Å². The van der Waals surface area contributed by atoms with Crippen molar-refractivity contribution in [1.29, 1.82) is 0 Å². The molecule has 18 heavy (non-hydrogen) atoms. The van der Waals surface area contributed by atoms with Crippen LogP contribution in [0.2, 0.25) is 0 Å². The third kappa shape index (κ3) is 2.83. The monoisotopic (exact) mass is 248 g/mol. The Morgan fingerprint density at radius 3 is 2.61 bits per heavy atom. The minimum absolute atomic E-state index is 0.0990. The molecule has 0 bridgehead atoms. The fourth-order valence-electron chi connectivity index (χ4n) is 1.73. The normalized spacial score (nSPS) is 12.2. The number of pyridine rings is 1. The molecule has 1 heterocycles. The van der Waals surface area contributed by atoms with Gasteiger partial charge in [-0.25, -0.2) is 8.78 Å². The average Bonchev–Trinajstić information content (AvgIpc) is 2.34. The Bertz CT molecular complexity index is 555. The maximum Gasteiger partial charge on any atom is 0.141 e. The Kier molecular flexibility index (Phi) is 3.55. The number of rotatable bonds is 3. The number of aryl methyl sites for hydroxylation is 1. The van der Waals surface area contributed by atoms with E-state index in [1.165, 1.54) is 12.1 Å². The van der Waals surface area contributed by atoms with E-state index in [2.05, 4.69) is 10.3 Å². The van der Waals surface area contributed by atoms with Gasteiger partial charge in [-0.15, -0.1) is 0 Å². The van der Waals surface area contributed by atoms with Crippen molar-refractivity contribution in [2.75, 3.05) is 5.32 Å². The first-order chi connectivity index (χ1) is 8.56. The molecule has 0 saturated heterocycles. The second kappa shape index (κ2) is 5.12. The van der Waals surface area contributed by atoms with E-state index in [1.54, 1.807) is 25.3 Å². The molecule has 0 fully saturated rings. The molecule has 0 amide bonds. The second-order valence-electron chi connectivity index (χ2n) is 4.27. The molecule has 1 N–H and O–H groups in total. The molecule has 2 aromatic rings. The summed E-state index contributed by atoms with van der Waals surface area (Å²) in [5.41, 5.74) is 2.12. The fraction of sp³-hybridized carbons (Fsp3) is 0.214. The highest BCUT2D eigenvalue weighted by atomic mass is 19.1. The maximum absolute atomic E-state index is 13.1. The molecule has 0 radical (unpaired) electrons. The van der Waals surface area contributed by atoms with E-state index in [1.807, 2.05) is 6.92 Å². The molecule has 2 rings (SSSR count). The lowest BCUT2D eigenvalue weighted by molar-refractivity contribution is 0.616. The van der Waals surface area contributed by atoms with Gasteiger partial charge in [-0.05, 0) is 49.2 Å². The highest BCUT2D eigenvalue weighted by molar-refractivity contribution is 5.47. The second-order valence-corrected chi connectivity index (χ2v) is 4.27. The smallest absolute Gasteiger partial charge is 0.141 e. The predicted molar refractivity (Wildman–Crippen MR) is 67.4 cm³/mol. The molecule has 2 nitrogen and oxygen atoms in total. The van der Waals surface area contributed by atoms with Crippen molar-refractivity contribution in [3.8, 4) is 0 Å². The molecule has 0 spiro atoms. The first-order valence-corrected chi connectivity index (χ1v) is 5.69. The molecule has 0 aliphatic carbocycles. The Hall–Kier alpha value is -1.97. The van der Waals surface area contributed by atoms with Crippen LogP contribution in [-0.2, 0) is 0 Å². The van der Waals surface area contributed by atoms with Crippen LogP contribution in [0.3, 0.4) is 0 Å². The van der Waals surface area contributed by atoms with Crippen molar-refractivity contribution < 1.29 is 8.78 Å². The lowest BCUT2D eigenvalue weighted by atomic mass is 10.1. The summed E-state index contributed by atoms with van der Waals surface area (Å²) < 4.78 is 26.2. The SMILES string of the molecule is Cc1cc(NC(C)c2cncc(F)c2)ccc1F. The van der Waals surface area contributed by atoms with Crippen molar-refractivity contribution in [3.63, 3.8) is 0 Å². The van der Waals surface area contributed by atoms with Crippen LogP contribution in [0.4, 0.5) is 14.5 Å². The van der Waals surface area contributed by atoms with E-state index in [-0.39, 0.29) is 17.7 Å². The van der Waals surface area contributed by atoms with Crippen LogP contribution in [0.25, 0.3) is 0 Å². The van der Waals surface area contributed by atoms with Crippen molar-refractivity contribution in [2.24, 2.45) is 0 Å². The quantitative estimate of drug-likeness (QED) is 0.892. The fourth-order valence-corrected chi connectivity index (χ4v) is 1.73. The summed E-state index contributed by atoms with van der Waals surface area (Å²) in [5.74, 6) is -0.600. The number of anilines is 1. The van der Waals surface area contributed by atoms with Crippen LogP contribution in [0.15, 0.2) is 36.7 Å². The minimum atomic E-state index is -0.364. The van der Waals surface area contributed by atoms with Gasteiger partial charge in [0.05, 0.1) is 12.2 Å². The number of benzene rings is 1. The van der Waals surface area contributed by atoms with E-state index < -0.39 is 0 Å². The molecule has 94 valence electrons. The zero-order valence-corrected chi connectivity index (χ0v) is 10.2. The third-order valence-corrected chi connectivity index (χ3v) is 2.77. The molecule has 0 aliphatic rings. The number of nitrogens with zero attached hydrogens (tertiary/aromatic N) is 1. The zero-order valence-electron chi connectivity index (χ0n) is 10.2. The van der Waals surface area contributed by atoms with E-state index >= 15 is 0 Å². The van der Waals surface area contributed by atoms with Gasteiger partial charge in [0.2, 0.25) is 0 Å². The summed E-state index contributed by atoms with van der Waals surface area (Å²) in [6, 6.07) is 6.12. The molecule has 0 aliphatic heterocycles. The van der Waals surface area contributed by atoms with Crippen molar-refractivity contribution in [3.05, 3.63) is 59.4 Å². The molecule has 1 unspecified atom stereocenters. The molecular weight excluding hydrogens is 234 g/mol. The van der Waals surface area contributed by atoms with Crippen LogP contribution in [0.5, 0.6) is 0 Å². The summed E-state index contributed by atoms with van der Waals surface area (Å²) in [4.78, 5) is 3.80. The van der Waals surface area contributed by atoms with Crippen LogP contribution in [0.1, 0.15) is 24.1 Å². The summed E-state index contributed by atoms with van der Waals surface area (Å²) >= 11 is 0. The largest absolute Gasteiger partial charge is 0.378 e. The number of nitrogens with one attached hydrogen (secondary N) is 1. The van der Waals surface area contributed by atoms with Gasteiger partial charge in [0, 0.05) is 11.9 Å². The summed E-state index contributed by atoms with van der Waals surface area (Å²) in [5, 5.41) is 3.18.